The summed E-state index contributed by atoms with van der Waals surface area (Å²) < 4.78 is 0. The van der Waals surface area contributed by atoms with Gasteiger partial charge >= 0.3 is 5.97 Å². The van der Waals surface area contributed by atoms with Crippen LogP contribution in [0, 0.1) is 11.8 Å². The molecule has 0 aliphatic heterocycles. The van der Waals surface area contributed by atoms with Gasteiger partial charge in [-0.1, -0.05) is 45.9 Å². The van der Waals surface area contributed by atoms with E-state index in [1.807, 2.05) is 27.7 Å². The first-order chi connectivity index (χ1) is 18.9. The fourth-order valence-corrected chi connectivity index (χ4v) is 4.08. The molecule has 1 aromatic carbocycles. The number of nitrogens with zero attached hydrogens (tertiary/aromatic N) is 3. The van der Waals surface area contributed by atoms with Crippen LogP contribution in [0.25, 0.3) is 0 Å². The number of aliphatic carboxylic acids is 1. The first kappa shape index (κ1) is 34.5. The van der Waals surface area contributed by atoms with E-state index in [-0.39, 0.29) is 76.5 Å². The van der Waals surface area contributed by atoms with Crippen molar-refractivity contribution in [2.45, 2.75) is 46.6 Å². The van der Waals surface area contributed by atoms with Crippen molar-refractivity contribution in [1.82, 2.24) is 20.0 Å². The first-order valence-electron chi connectivity index (χ1n) is 13.6. The molecular formula is C28H45N5O7. The molecule has 12 nitrogen and oxygen atoms in total. The number of hydrogen-bond acceptors (Lipinski definition) is 7. The standard InChI is InChI=1S/C28H45N5O7/c1-20(2)16-23(28(39)40)30-24(35)10-12-31(14-15-34)25(36)18-32(13-11-29)26(37)19-33(17-21(3)4)27(38)22-8-6-5-7-9-22/h5-9,20-21,23,34H,10-19,29H2,1-4H3,(H,30,35)(H,39,40)/t23-/m0/s1. The summed E-state index contributed by atoms with van der Waals surface area (Å²) >= 11 is 0. The van der Waals surface area contributed by atoms with Crippen LogP contribution in [-0.2, 0) is 19.2 Å². The van der Waals surface area contributed by atoms with E-state index in [4.69, 9.17) is 5.73 Å². The highest BCUT2D eigenvalue weighted by atomic mass is 16.4. The minimum Gasteiger partial charge on any atom is -0.480 e. The largest absolute Gasteiger partial charge is 0.480 e. The molecule has 4 amide bonds. The van der Waals surface area contributed by atoms with Gasteiger partial charge in [-0.3, -0.25) is 19.2 Å². The summed E-state index contributed by atoms with van der Waals surface area (Å²) in [6, 6.07) is 7.58. The third-order valence-electron chi connectivity index (χ3n) is 5.97. The Morgan fingerprint density at radius 2 is 1.45 bits per heavy atom. The van der Waals surface area contributed by atoms with Crippen molar-refractivity contribution in [3.05, 3.63) is 35.9 Å². The van der Waals surface area contributed by atoms with Gasteiger partial charge in [0.1, 0.15) is 12.6 Å². The second kappa shape index (κ2) is 18.0. The highest BCUT2D eigenvalue weighted by molar-refractivity contribution is 5.97. The molecule has 40 heavy (non-hydrogen) atoms. The highest BCUT2D eigenvalue weighted by Gasteiger charge is 2.26. The average Bonchev–Trinajstić information content (AvgIpc) is 2.89. The zero-order valence-corrected chi connectivity index (χ0v) is 24.0. The van der Waals surface area contributed by atoms with Gasteiger partial charge in [0.25, 0.3) is 5.91 Å². The lowest BCUT2D eigenvalue weighted by Crippen LogP contribution is -2.50. The van der Waals surface area contributed by atoms with Crippen LogP contribution in [0.2, 0.25) is 0 Å². The lowest BCUT2D eigenvalue weighted by atomic mass is 10.0. The molecule has 0 aromatic heterocycles. The number of carboxylic acids is 1. The van der Waals surface area contributed by atoms with Gasteiger partial charge in [0.05, 0.1) is 13.2 Å². The van der Waals surface area contributed by atoms with Gasteiger partial charge in [-0.05, 0) is 30.4 Å². The number of benzene rings is 1. The molecule has 5 N–H and O–H groups in total. The quantitative estimate of drug-likeness (QED) is 0.199. The highest BCUT2D eigenvalue weighted by Crippen LogP contribution is 2.10. The molecule has 0 unspecified atom stereocenters. The molecule has 0 radical (unpaired) electrons. The maximum Gasteiger partial charge on any atom is 0.326 e. The summed E-state index contributed by atoms with van der Waals surface area (Å²) in [4.78, 5) is 67.2. The van der Waals surface area contributed by atoms with Crippen molar-refractivity contribution in [3.63, 3.8) is 0 Å². The monoisotopic (exact) mass is 563 g/mol. The van der Waals surface area contributed by atoms with Gasteiger partial charge in [0.2, 0.25) is 17.7 Å². The number of nitrogens with one attached hydrogen (secondary N) is 1. The molecule has 0 spiro atoms. The van der Waals surface area contributed by atoms with Gasteiger partial charge in [-0.15, -0.1) is 0 Å². The van der Waals surface area contributed by atoms with E-state index in [0.29, 0.717) is 12.1 Å². The van der Waals surface area contributed by atoms with Crippen LogP contribution in [0.5, 0.6) is 0 Å². The molecule has 1 atom stereocenters. The van der Waals surface area contributed by atoms with Gasteiger partial charge in [0.15, 0.2) is 0 Å². The lowest BCUT2D eigenvalue weighted by Gasteiger charge is -2.30. The Balaban J connectivity index is 2.91. The predicted octanol–water partition coefficient (Wildman–Crippen LogP) is 0.399. The smallest absolute Gasteiger partial charge is 0.326 e. The van der Waals surface area contributed by atoms with E-state index in [9.17, 15) is 34.2 Å². The fourth-order valence-electron chi connectivity index (χ4n) is 4.08. The summed E-state index contributed by atoms with van der Waals surface area (Å²) in [6.07, 6.45) is 0.0866. The van der Waals surface area contributed by atoms with Crippen molar-refractivity contribution >= 4 is 29.6 Å². The Hall–Kier alpha value is -3.51. The van der Waals surface area contributed by atoms with E-state index >= 15 is 0 Å². The van der Waals surface area contributed by atoms with Crippen molar-refractivity contribution < 1.29 is 34.2 Å². The molecule has 1 aromatic rings. The van der Waals surface area contributed by atoms with Crippen LogP contribution in [0.1, 0.15) is 50.9 Å². The Morgan fingerprint density at radius 1 is 0.850 bits per heavy atom. The zero-order chi connectivity index (χ0) is 30.2. The Morgan fingerprint density at radius 3 is 1.98 bits per heavy atom. The molecule has 0 bridgehead atoms. The Kier molecular flexibility index (Phi) is 15.5. The molecule has 224 valence electrons. The van der Waals surface area contributed by atoms with Crippen LogP contribution in [0.4, 0.5) is 0 Å². The summed E-state index contributed by atoms with van der Waals surface area (Å²) in [5.74, 6) is -2.79. The van der Waals surface area contributed by atoms with Crippen LogP contribution in [0.3, 0.4) is 0 Å². The van der Waals surface area contributed by atoms with Gasteiger partial charge in [0, 0.05) is 44.7 Å². The molecule has 0 aliphatic carbocycles. The Labute approximate surface area is 236 Å². The third kappa shape index (κ3) is 12.6. The number of carbonyl (C=O) groups is 5. The number of rotatable bonds is 18. The molecular weight excluding hydrogens is 518 g/mol. The van der Waals surface area contributed by atoms with E-state index in [1.54, 1.807) is 30.3 Å². The van der Waals surface area contributed by atoms with E-state index in [2.05, 4.69) is 5.32 Å². The minimum absolute atomic E-state index is 0.0550. The molecule has 12 heteroatoms. The van der Waals surface area contributed by atoms with Gasteiger partial charge in [-0.25, -0.2) is 4.79 Å². The number of nitrogens with two attached hydrogens (primary N) is 1. The molecule has 0 aliphatic rings. The Bertz CT molecular complexity index is 971. The molecule has 1 rings (SSSR count). The number of aliphatic hydroxyl groups is 1. The second-order valence-corrected chi connectivity index (χ2v) is 10.5. The minimum atomic E-state index is -1.14. The average molecular weight is 564 g/mol. The summed E-state index contributed by atoms with van der Waals surface area (Å²) in [7, 11) is 0. The maximum absolute atomic E-state index is 13.3. The molecule has 0 saturated heterocycles. The number of carboxylic acid groups (broad SMARTS) is 1. The number of aliphatic hydroxyl groups excluding tert-OH is 1. The van der Waals surface area contributed by atoms with Crippen molar-refractivity contribution in [2.75, 3.05) is 52.4 Å². The lowest BCUT2D eigenvalue weighted by molar-refractivity contribution is -0.143. The topological polar surface area (TPSA) is 174 Å². The molecule has 0 saturated carbocycles. The van der Waals surface area contributed by atoms with Crippen molar-refractivity contribution in [3.8, 4) is 0 Å². The van der Waals surface area contributed by atoms with Crippen molar-refractivity contribution in [1.29, 1.82) is 0 Å². The second-order valence-electron chi connectivity index (χ2n) is 10.5. The molecule has 0 heterocycles. The van der Waals surface area contributed by atoms with Crippen LogP contribution in [0.15, 0.2) is 30.3 Å². The third-order valence-corrected chi connectivity index (χ3v) is 5.97. The summed E-state index contributed by atoms with van der Waals surface area (Å²) in [5, 5.41) is 21.3. The van der Waals surface area contributed by atoms with Crippen molar-refractivity contribution in [2.24, 2.45) is 17.6 Å². The van der Waals surface area contributed by atoms with Crippen LogP contribution >= 0.6 is 0 Å². The SMILES string of the molecule is CC(C)C[C@H](NC(=O)CCN(CCO)C(=O)CN(CCN)C(=O)CN(CC(C)C)C(=O)c1ccccc1)C(=O)O. The summed E-state index contributed by atoms with van der Waals surface area (Å²) in [5.41, 5.74) is 6.15. The van der Waals surface area contributed by atoms with E-state index in [0.717, 1.165) is 0 Å². The zero-order valence-electron chi connectivity index (χ0n) is 24.0. The van der Waals surface area contributed by atoms with Gasteiger partial charge < -0.3 is 36.0 Å². The predicted molar refractivity (Wildman–Crippen MR) is 150 cm³/mol. The molecule has 0 fully saturated rings. The number of amides is 4. The van der Waals surface area contributed by atoms with Crippen LogP contribution in [-0.4, -0.2) is 113 Å². The fraction of sp³-hybridized carbons (Fsp3) is 0.607. The normalized spacial score (nSPS) is 11.7. The number of hydrogen-bond donors (Lipinski definition) is 4. The van der Waals surface area contributed by atoms with E-state index < -0.39 is 29.7 Å². The maximum atomic E-state index is 13.3. The first-order valence-corrected chi connectivity index (χ1v) is 13.6. The van der Waals surface area contributed by atoms with E-state index in [1.165, 1.54) is 14.7 Å². The summed E-state index contributed by atoms with van der Waals surface area (Å²) in [6.45, 7) is 6.95. The van der Waals surface area contributed by atoms with Gasteiger partial charge in [-0.2, -0.15) is 0 Å². The van der Waals surface area contributed by atoms with Crippen LogP contribution < -0.4 is 11.1 Å². The number of carbonyl (C=O) groups excluding carboxylic acids is 4.